The highest BCUT2D eigenvalue weighted by Gasteiger charge is 2.34. The Morgan fingerprint density at radius 1 is 1.47 bits per heavy atom. The Hall–Kier alpha value is -0.920. The summed E-state index contributed by atoms with van der Waals surface area (Å²) in [5, 5.41) is 1.93. The van der Waals surface area contributed by atoms with Gasteiger partial charge in [-0.15, -0.1) is 11.3 Å². The van der Waals surface area contributed by atoms with Crippen molar-refractivity contribution in [2.45, 2.75) is 31.7 Å². The highest BCUT2D eigenvalue weighted by Crippen LogP contribution is 2.26. The molecule has 1 aromatic heterocycles. The number of nitrogens with two attached hydrogens (primary N) is 1. The summed E-state index contributed by atoms with van der Waals surface area (Å²) in [4.78, 5) is 12.3. The zero-order chi connectivity index (χ0) is 13.9. The fraction of sp³-hybridized carbons (Fsp3) is 0.583. The standard InChI is InChI=1S/C12H18N2O3S2/c13-12(15)10-4-1-5-11(10)14-19(16,17)8-6-9-3-2-7-18-9/h2-3,7,10-11,14H,1,4-6,8H2,(H2,13,15)/t10-,11+/m1/s1. The molecule has 0 unspecified atom stereocenters. The van der Waals surface area contributed by atoms with Crippen molar-refractivity contribution >= 4 is 27.3 Å². The number of amides is 1. The van der Waals surface area contributed by atoms with E-state index >= 15 is 0 Å². The van der Waals surface area contributed by atoms with Gasteiger partial charge < -0.3 is 5.73 Å². The van der Waals surface area contributed by atoms with Gasteiger partial charge in [0, 0.05) is 10.9 Å². The summed E-state index contributed by atoms with van der Waals surface area (Å²) in [6, 6.07) is 3.49. The van der Waals surface area contributed by atoms with Crippen LogP contribution in [0.5, 0.6) is 0 Å². The monoisotopic (exact) mass is 302 g/mol. The average Bonchev–Trinajstić information content (AvgIpc) is 2.95. The first kappa shape index (κ1) is 14.5. The zero-order valence-electron chi connectivity index (χ0n) is 10.5. The van der Waals surface area contributed by atoms with Crippen LogP contribution in [0.3, 0.4) is 0 Å². The quantitative estimate of drug-likeness (QED) is 0.817. The van der Waals surface area contributed by atoms with Crippen molar-refractivity contribution in [3.63, 3.8) is 0 Å². The molecule has 1 fully saturated rings. The molecule has 0 bridgehead atoms. The van der Waals surface area contributed by atoms with E-state index in [-0.39, 0.29) is 17.7 Å². The first-order valence-electron chi connectivity index (χ1n) is 6.29. The third kappa shape index (κ3) is 4.02. The minimum absolute atomic E-state index is 0.0511. The number of carbonyl (C=O) groups is 1. The predicted octanol–water partition coefficient (Wildman–Crippen LogP) is 0.864. The van der Waals surface area contributed by atoms with E-state index in [2.05, 4.69) is 4.72 Å². The highest BCUT2D eigenvalue weighted by molar-refractivity contribution is 7.89. The maximum atomic E-state index is 12.0. The number of primary amides is 1. The molecule has 19 heavy (non-hydrogen) atoms. The fourth-order valence-corrected chi connectivity index (χ4v) is 4.61. The molecule has 1 heterocycles. The summed E-state index contributed by atoms with van der Waals surface area (Å²) >= 11 is 1.55. The molecule has 1 aliphatic carbocycles. The average molecular weight is 302 g/mol. The van der Waals surface area contributed by atoms with Crippen LogP contribution in [-0.4, -0.2) is 26.1 Å². The lowest BCUT2D eigenvalue weighted by atomic mass is 10.0. The van der Waals surface area contributed by atoms with Crippen LogP contribution in [0, 0.1) is 5.92 Å². The molecule has 0 aliphatic heterocycles. The van der Waals surface area contributed by atoms with Crippen LogP contribution in [0.4, 0.5) is 0 Å². The number of carbonyl (C=O) groups excluding carboxylic acids is 1. The molecule has 0 radical (unpaired) electrons. The van der Waals surface area contributed by atoms with E-state index in [0.717, 1.165) is 11.3 Å². The number of thiophene rings is 1. The van der Waals surface area contributed by atoms with Gasteiger partial charge in [0.05, 0.1) is 11.7 Å². The molecule has 2 atom stereocenters. The van der Waals surface area contributed by atoms with Crippen molar-refractivity contribution in [1.29, 1.82) is 0 Å². The van der Waals surface area contributed by atoms with Crippen LogP contribution in [0.15, 0.2) is 17.5 Å². The maximum Gasteiger partial charge on any atom is 0.222 e. The molecule has 7 heteroatoms. The smallest absolute Gasteiger partial charge is 0.222 e. The van der Waals surface area contributed by atoms with E-state index in [1.165, 1.54) is 0 Å². The summed E-state index contributed by atoms with van der Waals surface area (Å²) in [5.74, 6) is -0.727. The van der Waals surface area contributed by atoms with E-state index in [9.17, 15) is 13.2 Å². The maximum absolute atomic E-state index is 12.0. The first-order valence-corrected chi connectivity index (χ1v) is 8.83. The van der Waals surface area contributed by atoms with Gasteiger partial charge >= 0.3 is 0 Å². The molecule has 0 aromatic carbocycles. The topological polar surface area (TPSA) is 89.3 Å². The summed E-state index contributed by atoms with van der Waals surface area (Å²) in [6.45, 7) is 0. The van der Waals surface area contributed by atoms with Crippen LogP contribution in [0.1, 0.15) is 24.1 Å². The van der Waals surface area contributed by atoms with E-state index < -0.39 is 15.9 Å². The second-order valence-corrected chi connectivity index (χ2v) is 7.72. The first-order chi connectivity index (χ1) is 8.98. The Morgan fingerprint density at radius 3 is 2.89 bits per heavy atom. The molecule has 5 nitrogen and oxygen atoms in total. The summed E-state index contributed by atoms with van der Waals surface area (Å²) in [7, 11) is -3.36. The van der Waals surface area contributed by atoms with Crippen LogP contribution < -0.4 is 10.5 Å². The summed E-state index contributed by atoms with van der Waals surface area (Å²) in [5.41, 5.74) is 5.29. The SMILES string of the molecule is NC(=O)[C@@H]1CCC[C@@H]1NS(=O)(=O)CCc1cccs1. The third-order valence-electron chi connectivity index (χ3n) is 3.41. The number of sulfonamides is 1. The number of aryl methyl sites for hydroxylation is 1. The number of rotatable bonds is 6. The number of hydrogen-bond donors (Lipinski definition) is 2. The molecule has 0 spiro atoms. The van der Waals surface area contributed by atoms with Crippen molar-refractivity contribution in [2.24, 2.45) is 11.7 Å². The second kappa shape index (κ2) is 6.02. The number of nitrogens with one attached hydrogen (secondary N) is 1. The summed E-state index contributed by atoms with van der Waals surface area (Å²) < 4.78 is 26.6. The van der Waals surface area contributed by atoms with Gasteiger partial charge in [-0.3, -0.25) is 4.79 Å². The molecule has 2 rings (SSSR count). The Morgan fingerprint density at radius 2 is 2.26 bits per heavy atom. The van der Waals surface area contributed by atoms with Gasteiger partial charge in [-0.05, 0) is 30.7 Å². The third-order valence-corrected chi connectivity index (χ3v) is 5.75. The van der Waals surface area contributed by atoms with Gasteiger partial charge in [0.15, 0.2) is 0 Å². The van der Waals surface area contributed by atoms with E-state index in [4.69, 9.17) is 5.73 Å². The molecular weight excluding hydrogens is 284 g/mol. The van der Waals surface area contributed by atoms with Gasteiger partial charge in [0.1, 0.15) is 0 Å². The zero-order valence-corrected chi connectivity index (χ0v) is 12.2. The number of hydrogen-bond acceptors (Lipinski definition) is 4. The lowest BCUT2D eigenvalue weighted by Crippen LogP contribution is -2.43. The van der Waals surface area contributed by atoms with Crippen LogP contribution >= 0.6 is 11.3 Å². The molecule has 3 N–H and O–H groups in total. The fourth-order valence-electron chi connectivity index (χ4n) is 2.42. The van der Waals surface area contributed by atoms with Crippen LogP contribution in [0.2, 0.25) is 0 Å². The van der Waals surface area contributed by atoms with E-state index in [1.807, 2.05) is 17.5 Å². The second-order valence-electron chi connectivity index (χ2n) is 4.81. The lowest BCUT2D eigenvalue weighted by Gasteiger charge is -2.18. The predicted molar refractivity (Wildman–Crippen MR) is 75.3 cm³/mol. The Balaban J connectivity index is 1.91. The molecule has 1 aromatic rings. The minimum Gasteiger partial charge on any atom is -0.369 e. The molecule has 1 saturated carbocycles. The van der Waals surface area contributed by atoms with Gasteiger partial charge in [-0.2, -0.15) is 0 Å². The normalized spacial score (nSPS) is 23.6. The van der Waals surface area contributed by atoms with E-state index in [1.54, 1.807) is 11.3 Å². The van der Waals surface area contributed by atoms with Crippen LogP contribution in [-0.2, 0) is 21.2 Å². The molecule has 1 amide bonds. The van der Waals surface area contributed by atoms with Crippen molar-refractivity contribution in [1.82, 2.24) is 4.72 Å². The lowest BCUT2D eigenvalue weighted by molar-refractivity contribution is -0.122. The Labute approximate surface area is 117 Å². The Bertz CT molecular complexity index is 525. The molecule has 0 saturated heterocycles. The van der Waals surface area contributed by atoms with Gasteiger partial charge in [0.25, 0.3) is 0 Å². The molecule has 1 aliphatic rings. The van der Waals surface area contributed by atoms with Gasteiger partial charge in [-0.1, -0.05) is 12.5 Å². The molecule has 106 valence electrons. The van der Waals surface area contributed by atoms with Gasteiger partial charge in [-0.25, -0.2) is 13.1 Å². The largest absolute Gasteiger partial charge is 0.369 e. The van der Waals surface area contributed by atoms with Crippen molar-refractivity contribution in [3.05, 3.63) is 22.4 Å². The van der Waals surface area contributed by atoms with Crippen molar-refractivity contribution in [3.8, 4) is 0 Å². The van der Waals surface area contributed by atoms with Crippen LogP contribution in [0.25, 0.3) is 0 Å². The summed E-state index contributed by atoms with van der Waals surface area (Å²) in [6.07, 6.45) is 2.70. The van der Waals surface area contributed by atoms with Gasteiger partial charge in [0.2, 0.25) is 15.9 Å². The van der Waals surface area contributed by atoms with Crippen molar-refractivity contribution in [2.75, 3.05) is 5.75 Å². The Kier molecular flexibility index (Phi) is 4.59. The van der Waals surface area contributed by atoms with E-state index in [0.29, 0.717) is 19.3 Å². The molecular formula is C12H18N2O3S2. The highest BCUT2D eigenvalue weighted by atomic mass is 32.2. The van der Waals surface area contributed by atoms with Crippen molar-refractivity contribution < 1.29 is 13.2 Å². The minimum atomic E-state index is -3.36.